The fraction of sp³-hybridized carbons (Fsp3) is 0.118. The van der Waals surface area contributed by atoms with Gasteiger partial charge < -0.3 is 4.98 Å². The van der Waals surface area contributed by atoms with Crippen molar-refractivity contribution in [3.63, 3.8) is 0 Å². The molecule has 0 bridgehead atoms. The predicted molar refractivity (Wildman–Crippen MR) is 108 cm³/mol. The molecule has 4 aromatic heterocycles. The molecule has 0 aliphatic heterocycles. The summed E-state index contributed by atoms with van der Waals surface area (Å²) in [5, 5.41) is 2.05. The minimum absolute atomic E-state index is 0.772. The zero-order valence-corrected chi connectivity index (χ0v) is 16.8. The van der Waals surface area contributed by atoms with Gasteiger partial charge in [-0.25, -0.2) is 4.98 Å². The summed E-state index contributed by atoms with van der Waals surface area (Å²) >= 11 is 17.3. The molecule has 24 heavy (non-hydrogen) atoms. The number of hydrogen-bond acceptors (Lipinski definition) is 4. The normalized spacial score (nSPS) is 11.3. The van der Waals surface area contributed by atoms with Crippen LogP contribution in [0.3, 0.4) is 0 Å². The number of halogens is 2. The topological polar surface area (TPSA) is 28.7 Å². The third-order valence-electron chi connectivity index (χ3n) is 3.76. The van der Waals surface area contributed by atoms with Crippen molar-refractivity contribution < 1.29 is 0 Å². The van der Waals surface area contributed by atoms with Gasteiger partial charge in [0.15, 0.2) is 0 Å². The molecule has 4 aromatic rings. The van der Waals surface area contributed by atoms with Gasteiger partial charge in [0.25, 0.3) is 0 Å². The second-order valence-electron chi connectivity index (χ2n) is 5.33. The summed E-state index contributed by atoms with van der Waals surface area (Å²) in [6.45, 7) is 4.15. The molecule has 0 radical (unpaired) electrons. The number of aryl methyl sites for hydroxylation is 2. The largest absolute Gasteiger partial charge is 0.337 e. The van der Waals surface area contributed by atoms with Crippen LogP contribution in [0.2, 0.25) is 8.67 Å². The van der Waals surface area contributed by atoms with Crippen LogP contribution in [-0.2, 0) is 0 Å². The summed E-state index contributed by atoms with van der Waals surface area (Å²) in [7, 11) is 0. The van der Waals surface area contributed by atoms with Gasteiger partial charge in [0.1, 0.15) is 5.82 Å². The number of nitrogens with zero attached hydrogens (tertiary/aromatic N) is 1. The van der Waals surface area contributed by atoms with E-state index in [1.165, 1.54) is 4.88 Å². The lowest BCUT2D eigenvalue weighted by molar-refractivity contribution is 1.33. The Morgan fingerprint density at radius 1 is 1.00 bits per heavy atom. The van der Waals surface area contributed by atoms with E-state index in [1.54, 1.807) is 34.0 Å². The van der Waals surface area contributed by atoms with Crippen LogP contribution in [0.25, 0.3) is 33.2 Å². The molecule has 4 rings (SSSR count). The molecule has 0 saturated heterocycles. The Hall–Kier alpha value is -1.11. The average Bonchev–Trinajstić information content (AvgIpc) is 3.25. The van der Waals surface area contributed by atoms with Crippen molar-refractivity contribution in [1.82, 2.24) is 9.97 Å². The van der Waals surface area contributed by atoms with Crippen LogP contribution in [0.4, 0.5) is 0 Å². The molecule has 0 amide bonds. The maximum Gasteiger partial charge on any atom is 0.148 e. The van der Waals surface area contributed by atoms with Gasteiger partial charge in [0.05, 0.1) is 24.9 Å². The van der Waals surface area contributed by atoms with Crippen LogP contribution in [0.5, 0.6) is 0 Å². The Labute approximate surface area is 161 Å². The Balaban J connectivity index is 1.97. The van der Waals surface area contributed by atoms with Gasteiger partial charge in [-0.3, -0.25) is 0 Å². The minimum atomic E-state index is 0.772. The Kier molecular flexibility index (Phi) is 4.31. The summed E-state index contributed by atoms with van der Waals surface area (Å²) in [5.74, 6) is 0.874. The molecular weight excluding hydrogens is 399 g/mol. The summed E-state index contributed by atoms with van der Waals surface area (Å²) in [4.78, 5) is 11.8. The first kappa shape index (κ1) is 16.4. The fourth-order valence-electron chi connectivity index (χ4n) is 2.67. The fourth-order valence-corrected chi connectivity index (χ4v) is 5.72. The van der Waals surface area contributed by atoms with Gasteiger partial charge in [-0.2, -0.15) is 0 Å². The van der Waals surface area contributed by atoms with E-state index < -0.39 is 0 Å². The van der Waals surface area contributed by atoms with Gasteiger partial charge in [0.2, 0.25) is 0 Å². The second kappa shape index (κ2) is 6.32. The van der Waals surface area contributed by atoms with Crippen LogP contribution >= 0.6 is 57.2 Å². The van der Waals surface area contributed by atoms with E-state index in [-0.39, 0.29) is 0 Å². The van der Waals surface area contributed by atoms with Crippen molar-refractivity contribution in [2.75, 3.05) is 0 Å². The van der Waals surface area contributed by atoms with Crippen molar-refractivity contribution in [1.29, 1.82) is 0 Å². The third-order valence-corrected chi connectivity index (χ3v) is 6.99. The van der Waals surface area contributed by atoms with E-state index in [1.807, 2.05) is 18.2 Å². The highest BCUT2D eigenvalue weighted by Crippen LogP contribution is 2.42. The molecule has 0 aromatic carbocycles. The van der Waals surface area contributed by atoms with Crippen molar-refractivity contribution in [3.8, 4) is 33.2 Å². The van der Waals surface area contributed by atoms with Crippen LogP contribution in [0.15, 0.2) is 29.6 Å². The lowest BCUT2D eigenvalue weighted by Gasteiger charge is -2.01. The van der Waals surface area contributed by atoms with Crippen LogP contribution < -0.4 is 0 Å². The zero-order valence-electron chi connectivity index (χ0n) is 12.8. The number of rotatable bonds is 3. The number of hydrogen-bond donors (Lipinski definition) is 1. The quantitative estimate of drug-likeness (QED) is 0.371. The number of nitrogens with one attached hydrogen (secondary N) is 1. The van der Waals surface area contributed by atoms with Gasteiger partial charge in [-0.15, -0.1) is 34.0 Å². The van der Waals surface area contributed by atoms with Crippen molar-refractivity contribution >= 4 is 57.2 Å². The van der Waals surface area contributed by atoms with Crippen molar-refractivity contribution in [3.05, 3.63) is 48.1 Å². The third kappa shape index (κ3) is 2.85. The molecule has 0 spiro atoms. The average molecular weight is 411 g/mol. The second-order valence-corrected chi connectivity index (χ2v) is 10.1. The molecule has 4 heterocycles. The molecule has 0 saturated carbocycles. The van der Waals surface area contributed by atoms with Crippen molar-refractivity contribution in [2.45, 2.75) is 13.8 Å². The number of thiophene rings is 3. The summed E-state index contributed by atoms with van der Waals surface area (Å²) in [5.41, 5.74) is 4.09. The standard InChI is InChI=1S/C17H12Cl2N2S3/c1-8-10(6-13(18)23-8)15-16(11-7-14(19)24-9(11)2)21-17(20-15)12-4-3-5-22-12/h3-7H,1-2H3,(H,20,21). The highest BCUT2D eigenvalue weighted by Gasteiger charge is 2.21. The molecule has 0 atom stereocenters. The smallest absolute Gasteiger partial charge is 0.148 e. The molecule has 122 valence electrons. The lowest BCUT2D eigenvalue weighted by atomic mass is 10.1. The molecular formula is C17H12Cl2N2S3. The molecule has 0 unspecified atom stereocenters. The first-order chi connectivity index (χ1) is 11.5. The first-order valence-electron chi connectivity index (χ1n) is 7.19. The van der Waals surface area contributed by atoms with Gasteiger partial charge >= 0.3 is 0 Å². The lowest BCUT2D eigenvalue weighted by Crippen LogP contribution is -1.83. The van der Waals surface area contributed by atoms with Crippen molar-refractivity contribution in [2.24, 2.45) is 0 Å². The summed E-state index contributed by atoms with van der Waals surface area (Å²) < 4.78 is 1.55. The van der Waals surface area contributed by atoms with Gasteiger partial charge in [-0.1, -0.05) is 29.3 Å². The summed E-state index contributed by atoms with van der Waals surface area (Å²) in [6, 6.07) is 8.09. The van der Waals surface area contributed by atoms with E-state index >= 15 is 0 Å². The van der Waals surface area contributed by atoms with E-state index in [2.05, 4.69) is 30.3 Å². The molecule has 0 aliphatic carbocycles. The maximum absolute atomic E-state index is 6.22. The summed E-state index contributed by atoms with van der Waals surface area (Å²) in [6.07, 6.45) is 0. The van der Waals surface area contributed by atoms with Crippen LogP contribution in [0.1, 0.15) is 9.75 Å². The van der Waals surface area contributed by atoms with Crippen LogP contribution in [0, 0.1) is 13.8 Å². The van der Waals surface area contributed by atoms with E-state index in [9.17, 15) is 0 Å². The number of imidazole rings is 1. The van der Waals surface area contributed by atoms with Gasteiger partial charge in [-0.05, 0) is 37.4 Å². The SMILES string of the molecule is Cc1sc(Cl)cc1-c1nc(-c2cccs2)[nH]c1-c1cc(Cl)sc1C. The predicted octanol–water partition coefficient (Wildman–Crippen LogP) is 7.52. The number of aromatic nitrogens is 2. The van der Waals surface area contributed by atoms with E-state index in [4.69, 9.17) is 28.2 Å². The van der Waals surface area contributed by atoms with E-state index in [0.717, 1.165) is 46.8 Å². The Bertz CT molecular complexity index is 945. The maximum atomic E-state index is 6.22. The zero-order chi connectivity index (χ0) is 16.8. The number of H-pyrrole nitrogens is 1. The van der Waals surface area contributed by atoms with Gasteiger partial charge in [0, 0.05) is 20.9 Å². The minimum Gasteiger partial charge on any atom is -0.337 e. The highest BCUT2D eigenvalue weighted by atomic mass is 35.5. The Morgan fingerprint density at radius 2 is 1.67 bits per heavy atom. The molecule has 0 aliphatic rings. The van der Waals surface area contributed by atoms with Crippen LogP contribution in [-0.4, -0.2) is 9.97 Å². The van der Waals surface area contributed by atoms with E-state index in [0.29, 0.717) is 0 Å². The monoisotopic (exact) mass is 410 g/mol. The number of aromatic amines is 1. The molecule has 7 heteroatoms. The molecule has 1 N–H and O–H groups in total. The molecule has 0 fully saturated rings. The molecule has 2 nitrogen and oxygen atoms in total. The first-order valence-corrected chi connectivity index (χ1v) is 10.5. The Morgan fingerprint density at radius 3 is 2.21 bits per heavy atom. The highest BCUT2D eigenvalue weighted by molar-refractivity contribution is 7.17.